The third-order valence-corrected chi connectivity index (χ3v) is 4.44. The lowest BCUT2D eigenvalue weighted by Crippen LogP contribution is -2.41. The van der Waals surface area contributed by atoms with Crippen LogP contribution in [0, 0.1) is 0 Å². The van der Waals surface area contributed by atoms with E-state index < -0.39 is 0 Å². The third-order valence-electron chi connectivity index (χ3n) is 4.44. The summed E-state index contributed by atoms with van der Waals surface area (Å²) in [5.74, 6) is 0.185. The number of benzene rings is 1. The highest BCUT2D eigenvalue weighted by Gasteiger charge is 2.25. The second-order valence-electron chi connectivity index (χ2n) is 5.63. The van der Waals surface area contributed by atoms with E-state index >= 15 is 0 Å². The first-order valence-electron chi connectivity index (χ1n) is 7.68. The van der Waals surface area contributed by atoms with Crippen molar-refractivity contribution in [1.29, 1.82) is 0 Å². The van der Waals surface area contributed by atoms with Gasteiger partial charge in [-0.15, -0.1) is 0 Å². The smallest absolute Gasteiger partial charge is 0.254 e. The topological polar surface area (TPSA) is 36.1 Å². The van der Waals surface area contributed by atoms with Gasteiger partial charge in [0.2, 0.25) is 0 Å². The second kappa shape index (κ2) is 5.70. The van der Waals surface area contributed by atoms with Gasteiger partial charge in [-0.2, -0.15) is 0 Å². The minimum absolute atomic E-state index is 0.185. The van der Waals surface area contributed by atoms with Crippen LogP contribution < -0.4 is 0 Å². The number of H-pyrrole nitrogens is 1. The number of nitrogens with zero attached hydrogens (tertiary/aromatic N) is 1. The number of aromatic amines is 1. The molecule has 3 heteroatoms. The van der Waals surface area contributed by atoms with Crippen molar-refractivity contribution in [3.8, 4) is 0 Å². The van der Waals surface area contributed by atoms with Gasteiger partial charge < -0.3 is 9.88 Å². The highest BCUT2D eigenvalue weighted by atomic mass is 16.2. The molecule has 3 rings (SSSR count). The summed E-state index contributed by atoms with van der Waals surface area (Å²) < 4.78 is 0. The molecule has 2 aromatic rings. The van der Waals surface area contributed by atoms with Gasteiger partial charge in [-0.3, -0.25) is 4.79 Å². The summed E-state index contributed by atoms with van der Waals surface area (Å²) in [6, 6.07) is 8.35. The van der Waals surface area contributed by atoms with Crippen LogP contribution in [0.5, 0.6) is 0 Å². The Morgan fingerprint density at radius 2 is 2.05 bits per heavy atom. The van der Waals surface area contributed by atoms with Crippen molar-refractivity contribution in [2.24, 2.45) is 0 Å². The molecule has 0 saturated heterocycles. The SMILES string of the molecule is CCN(C(=O)c1cccc2[nH]ccc12)C1CCCCC1. The molecule has 0 spiro atoms. The maximum Gasteiger partial charge on any atom is 0.254 e. The van der Waals surface area contributed by atoms with Crippen LogP contribution in [0.25, 0.3) is 10.9 Å². The Morgan fingerprint density at radius 3 is 2.80 bits per heavy atom. The molecular weight excluding hydrogens is 248 g/mol. The normalized spacial score (nSPS) is 16.4. The number of hydrogen-bond acceptors (Lipinski definition) is 1. The molecule has 1 heterocycles. The molecule has 3 nitrogen and oxygen atoms in total. The average Bonchev–Trinajstić information content (AvgIpc) is 2.97. The van der Waals surface area contributed by atoms with E-state index in [2.05, 4.69) is 16.8 Å². The van der Waals surface area contributed by atoms with Gasteiger partial charge in [0.05, 0.1) is 0 Å². The summed E-state index contributed by atoms with van der Waals surface area (Å²) in [6.07, 6.45) is 8.03. The van der Waals surface area contributed by atoms with Crippen molar-refractivity contribution in [2.45, 2.75) is 45.1 Å². The molecule has 1 saturated carbocycles. The van der Waals surface area contributed by atoms with Crippen LogP contribution in [-0.2, 0) is 0 Å². The fourth-order valence-corrected chi connectivity index (χ4v) is 3.39. The summed E-state index contributed by atoms with van der Waals surface area (Å²) in [4.78, 5) is 18.2. The van der Waals surface area contributed by atoms with Crippen molar-refractivity contribution in [2.75, 3.05) is 6.54 Å². The summed E-state index contributed by atoms with van der Waals surface area (Å²) in [6.45, 7) is 2.88. The highest BCUT2D eigenvalue weighted by molar-refractivity contribution is 6.06. The first-order valence-corrected chi connectivity index (χ1v) is 7.68. The van der Waals surface area contributed by atoms with Crippen LogP contribution in [0.1, 0.15) is 49.4 Å². The summed E-state index contributed by atoms with van der Waals surface area (Å²) in [7, 11) is 0. The van der Waals surface area contributed by atoms with Crippen LogP contribution in [0.2, 0.25) is 0 Å². The molecule has 1 N–H and O–H groups in total. The van der Waals surface area contributed by atoms with Crippen LogP contribution >= 0.6 is 0 Å². The molecule has 0 radical (unpaired) electrons. The zero-order valence-corrected chi connectivity index (χ0v) is 12.1. The van der Waals surface area contributed by atoms with Gasteiger partial charge in [0.1, 0.15) is 0 Å². The van der Waals surface area contributed by atoms with E-state index in [4.69, 9.17) is 0 Å². The van der Waals surface area contributed by atoms with Gasteiger partial charge in [0.25, 0.3) is 5.91 Å². The van der Waals surface area contributed by atoms with Crippen molar-refractivity contribution < 1.29 is 4.79 Å². The number of hydrogen-bond donors (Lipinski definition) is 1. The third kappa shape index (κ3) is 2.33. The van der Waals surface area contributed by atoms with E-state index in [1.165, 1.54) is 19.3 Å². The van der Waals surface area contributed by atoms with Crippen molar-refractivity contribution in [3.63, 3.8) is 0 Å². The van der Waals surface area contributed by atoms with Gasteiger partial charge in [0, 0.05) is 35.2 Å². The zero-order chi connectivity index (χ0) is 13.9. The first kappa shape index (κ1) is 13.2. The number of fused-ring (bicyclic) bond motifs is 1. The zero-order valence-electron chi connectivity index (χ0n) is 12.1. The highest BCUT2D eigenvalue weighted by Crippen LogP contribution is 2.26. The Balaban J connectivity index is 1.91. The first-order chi connectivity index (χ1) is 9.81. The second-order valence-corrected chi connectivity index (χ2v) is 5.63. The predicted octanol–water partition coefficient (Wildman–Crippen LogP) is 3.96. The molecule has 1 aromatic heterocycles. The Morgan fingerprint density at radius 1 is 1.25 bits per heavy atom. The van der Waals surface area contributed by atoms with E-state index in [9.17, 15) is 4.79 Å². The van der Waals surface area contributed by atoms with Crippen LogP contribution in [-0.4, -0.2) is 28.4 Å². The molecule has 20 heavy (non-hydrogen) atoms. The molecule has 1 aliphatic rings. The van der Waals surface area contributed by atoms with Gasteiger partial charge in [-0.05, 0) is 38.0 Å². The maximum atomic E-state index is 12.9. The average molecular weight is 270 g/mol. The van der Waals surface area contributed by atoms with Crippen molar-refractivity contribution >= 4 is 16.8 Å². The Hall–Kier alpha value is -1.77. The molecular formula is C17H22N2O. The molecule has 0 atom stereocenters. The van der Waals surface area contributed by atoms with Crippen LogP contribution in [0.3, 0.4) is 0 Å². The molecule has 1 aromatic carbocycles. The lowest BCUT2D eigenvalue weighted by Gasteiger charge is -2.33. The molecule has 1 aliphatic carbocycles. The van der Waals surface area contributed by atoms with Gasteiger partial charge >= 0.3 is 0 Å². The lowest BCUT2D eigenvalue weighted by atomic mass is 9.93. The van der Waals surface area contributed by atoms with Crippen LogP contribution in [0.15, 0.2) is 30.5 Å². The Labute approximate surface area is 120 Å². The molecule has 1 amide bonds. The molecule has 0 aliphatic heterocycles. The minimum atomic E-state index is 0.185. The number of carbonyl (C=O) groups excluding carboxylic acids is 1. The standard InChI is InChI=1S/C17H22N2O/c1-2-19(13-7-4-3-5-8-13)17(20)15-9-6-10-16-14(15)11-12-18-16/h6,9-13,18H,2-5,7-8H2,1H3. The number of aromatic nitrogens is 1. The lowest BCUT2D eigenvalue weighted by molar-refractivity contribution is 0.0650. The maximum absolute atomic E-state index is 12.9. The Bertz CT molecular complexity index is 596. The summed E-state index contributed by atoms with van der Waals surface area (Å²) in [5, 5.41) is 1.03. The number of carbonyl (C=O) groups is 1. The molecule has 0 unspecified atom stereocenters. The molecule has 106 valence electrons. The minimum Gasteiger partial charge on any atom is -0.361 e. The molecule has 0 bridgehead atoms. The number of rotatable bonds is 3. The fourth-order valence-electron chi connectivity index (χ4n) is 3.39. The van der Waals surface area contributed by atoms with Crippen LogP contribution in [0.4, 0.5) is 0 Å². The van der Waals surface area contributed by atoms with Crippen molar-refractivity contribution in [3.05, 3.63) is 36.0 Å². The number of amides is 1. The van der Waals surface area contributed by atoms with E-state index in [-0.39, 0.29) is 5.91 Å². The van der Waals surface area contributed by atoms with E-state index in [1.54, 1.807) is 0 Å². The monoisotopic (exact) mass is 270 g/mol. The predicted molar refractivity (Wildman–Crippen MR) is 81.9 cm³/mol. The van der Waals surface area contributed by atoms with Gasteiger partial charge in [-0.25, -0.2) is 0 Å². The largest absolute Gasteiger partial charge is 0.361 e. The van der Waals surface area contributed by atoms with Gasteiger partial charge in [-0.1, -0.05) is 25.3 Å². The molecule has 1 fully saturated rings. The quantitative estimate of drug-likeness (QED) is 0.900. The van der Waals surface area contributed by atoms with E-state index in [0.29, 0.717) is 6.04 Å². The Kier molecular flexibility index (Phi) is 3.77. The van der Waals surface area contributed by atoms with Gasteiger partial charge in [0.15, 0.2) is 0 Å². The van der Waals surface area contributed by atoms with E-state index in [1.807, 2.05) is 30.5 Å². The summed E-state index contributed by atoms with van der Waals surface area (Å²) >= 11 is 0. The fraction of sp³-hybridized carbons (Fsp3) is 0.471. The summed E-state index contributed by atoms with van der Waals surface area (Å²) in [5.41, 5.74) is 1.87. The van der Waals surface area contributed by atoms with Crippen molar-refractivity contribution in [1.82, 2.24) is 9.88 Å². The van der Waals surface area contributed by atoms with E-state index in [0.717, 1.165) is 35.9 Å². The number of nitrogens with one attached hydrogen (secondary N) is 1.